The fourth-order valence-electron chi connectivity index (χ4n) is 1.60. The number of hydrogen-bond acceptors (Lipinski definition) is 2. The van der Waals surface area contributed by atoms with Crippen molar-refractivity contribution in [2.24, 2.45) is 5.92 Å². The van der Waals surface area contributed by atoms with Crippen LogP contribution in [-0.2, 0) is 0 Å². The van der Waals surface area contributed by atoms with Crippen molar-refractivity contribution >= 4 is 0 Å². The molecule has 1 atom stereocenters. The van der Waals surface area contributed by atoms with Gasteiger partial charge >= 0.3 is 0 Å². The number of nitriles is 2. The van der Waals surface area contributed by atoms with Crippen LogP contribution < -0.4 is 0 Å². The molecule has 0 N–H and O–H groups in total. The fourth-order valence-corrected chi connectivity index (χ4v) is 1.60. The molecule has 0 aromatic carbocycles. The van der Waals surface area contributed by atoms with Gasteiger partial charge in [0.15, 0.2) is 0 Å². The van der Waals surface area contributed by atoms with Crippen LogP contribution in [0.3, 0.4) is 0 Å². The van der Waals surface area contributed by atoms with Crippen LogP contribution in [0.15, 0.2) is 12.2 Å². The molecule has 0 radical (unpaired) electrons. The predicted molar refractivity (Wildman–Crippen MR) is 66.5 cm³/mol. The molecule has 0 aromatic heterocycles. The number of unbranched alkanes of at least 4 members (excludes halogenated alkanes) is 3. The minimum absolute atomic E-state index is 0.170. The van der Waals surface area contributed by atoms with Crippen LogP contribution in [0.5, 0.6) is 0 Å². The highest BCUT2D eigenvalue weighted by Crippen LogP contribution is 2.16. The Morgan fingerprint density at radius 2 is 1.81 bits per heavy atom. The van der Waals surface area contributed by atoms with Crippen LogP contribution in [-0.4, -0.2) is 0 Å². The van der Waals surface area contributed by atoms with Gasteiger partial charge in [0, 0.05) is 12.3 Å². The highest BCUT2D eigenvalue weighted by Gasteiger charge is 2.00. The molecule has 0 rings (SSSR count). The van der Waals surface area contributed by atoms with Crippen molar-refractivity contribution in [3.05, 3.63) is 12.2 Å². The molecular formula is C14H22N2. The predicted octanol–water partition coefficient (Wildman–Crippen LogP) is 4.35. The highest BCUT2D eigenvalue weighted by atomic mass is 14.3. The molecule has 0 saturated carbocycles. The minimum Gasteiger partial charge on any atom is -0.198 e. The van der Waals surface area contributed by atoms with Crippen LogP contribution in [0, 0.1) is 28.6 Å². The first-order valence-corrected chi connectivity index (χ1v) is 6.14. The topological polar surface area (TPSA) is 47.6 Å². The van der Waals surface area contributed by atoms with Crippen LogP contribution in [0.4, 0.5) is 0 Å². The zero-order chi connectivity index (χ0) is 12.2. The molecule has 0 fully saturated rings. The molecule has 0 amide bonds. The first-order valence-electron chi connectivity index (χ1n) is 6.14. The third-order valence-electron chi connectivity index (χ3n) is 2.71. The summed E-state index contributed by atoms with van der Waals surface area (Å²) in [7, 11) is 0. The average molecular weight is 218 g/mol. The summed E-state index contributed by atoms with van der Waals surface area (Å²) >= 11 is 0. The molecule has 2 nitrogen and oxygen atoms in total. The molecule has 0 aliphatic rings. The number of rotatable bonds is 9. The SMILES string of the molecule is C=C(CCCCCC#N)CCCC(C)C#N. The van der Waals surface area contributed by atoms with Crippen LogP contribution >= 0.6 is 0 Å². The molecule has 0 spiro atoms. The van der Waals surface area contributed by atoms with Gasteiger partial charge in [0.2, 0.25) is 0 Å². The van der Waals surface area contributed by atoms with Gasteiger partial charge in [0.05, 0.1) is 12.1 Å². The van der Waals surface area contributed by atoms with Crippen molar-refractivity contribution in [1.29, 1.82) is 10.5 Å². The van der Waals surface area contributed by atoms with E-state index in [9.17, 15) is 0 Å². The molecule has 0 bridgehead atoms. The maximum absolute atomic E-state index is 8.63. The Labute approximate surface area is 99.6 Å². The minimum atomic E-state index is 0.170. The molecule has 0 aliphatic carbocycles. The molecular weight excluding hydrogens is 196 g/mol. The van der Waals surface area contributed by atoms with Crippen molar-refractivity contribution in [3.8, 4) is 12.1 Å². The Hall–Kier alpha value is -1.28. The zero-order valence-electron chi connectivity index (χ0n) is 10.3. The molecule has 88 valence electrons. The van der Waals surface area contributed by atoms with Crippen molar-refractivity contribution in [1.82, 2.24) is 0 Å². The molecule has 0 heterocycles. The van der Waals surface area contributed by atoms with Gasteiger partial charge in [0.25, 0.3) is 0 Å². The molecule has 1 unspecified atom stereocenters. The Bertz CT molecular complexity index is 267. The van der Waals surface area contributed by atoms with Crippen molar-refractivity contribution in [2.75, 3.05) is 0 Å². The van der Waals surface area contributed by atoms with E-state index in [1.54, 1.807) is 0 Å². The Kier molecular flexibility index (Phi) is 9.43. The maximum Gasteiger partial charge on any atom is 0.0652 e. The van der Waals surface area contributed by atoms with E-state index < -0.39 is 0 Å². The third-order valence-corrected chi connectivity index (χ3v) is 2.71. The van der Waals surface area contributed by atoms with E-state index in [0.29, 0.717) is 6.42 Å². The van der Waals surface area contributed by atoms with Crippen molar-refractivity contribution in [2.45, 2.75) is 58.3 Å². The Balaban J connectivity index is 3.33. The highest BCUT2D eigenvalue weighted by molar-refractivity contribution is 4.94. The van der Waals surface area contributed by atoms with Crippen molar-refractivity contribution in [3.63, 3.8) is 0 Å². The summed E-state index contributed by atoms with van der Waals surface area (Å²) in [6.07, 6.45) is 8.13. The van der Waals surface area contributed by atoms with E-state index in [0.717, 1.165) is 44.9 Å². The van der Waals surface area contributed by atoms with E-state index in [1.807, 2.05) is 6.92 Å². The number of hydrogen-bond donors (Lipinski definition) is 0. The average Bonchev–Trinajstić information content (AvgIpc) is 2.28. The van der Waals surface area contributed by atoms with Gasteiger partial charge in [-0.25, -0.2) is 0 Å². The lowest BCUT2D eigenvalue weighted by molar-refractivity contribution is 0.599. The molecule has 2 heteroatoms. The van der Waals surface area contributed by atoms with Crippen LogP contribution in [0.25, 0.3) is 0 Å². The molecule has 16 heavy (non-hydrogen) atoms. The lowest BCUT2D eigenvalue weighted by Gasteiger charge is -2.06. The summed E-state index contributed by atoms with van der Waals surface area (Å²) in [5.41, 5.74) is 1.29. The molecule has 0 aliphatic heterocycles. The molecule has 0 aromatic rings. The summed E-state index contributed by atoms with van der Waals surface area (Å²) in [5.74, 6) is 0.170. The van der Waals surface area contributed by atoms with Gasteiger partial charge in [0.1, 0.15) is 0 Å². The normalized spacial score (nSPS) is 11.4. The van der Waals surface area contributed by atoms with E-state index in [4.69, 9.17) is 10.5 Å². The zero-order valence-corrected chi connectivity index (χ0v) is 10.3. The second-order valence-corrected chi connectivity index (χ2v) is 4.39. The van der Waals surface area contributed by atoms with E-state index in [2.05, 4.69) is 18.7 Å². The summed E-state index contributed by atoms with van der Waals surface area (Å²) in [6, 6.07) is 4.40. The summed E-state index contributed by atoms with van der Waals surface area (Å²) < 4.78 is 0. The standard InChI is InChI=1S/C14H22N2/c1-13(8-5-3-4-6-11-15)9-7-10-14(2)12-16/h14H,1,3-10H2,2H3. The first-order chi connectivity index (χ1) is 7.70. The van der Waals surface area contributed by atoms with Crippen molar-refractivity contribution < 1.29 is 0 Å². The van der Waals surface area contributed by atoms with Gasteiger partial charge in [-0.3, -0.25) is 0 Å². The summed E-state index contributed by atoms with van der Waals surface area (Å²) in [6.45, 7) is 6.01. The monoisotopic (exact) mass is 218 g/mol. The third kappa shape index (κ3) is 9.28. The van der Waals surface area contributed by atoms with E-state index in [1.165, 1.54) is 5.57 Å². The lowest BCUT2D eigenvalue weighted by atomic mass is 9.99. The van der Waals surface area contributed by atoms with Gasteiger partial charge in [-0.05, 0) is 45.4 Å². The summed E-state index contributed by atoms with van der Waals surface area (Å²) in [4.78, 5) is 0. The fraction of sp³-hybridized carbons (Fsp3) is 0.714. The Morgan fingerprint density at radius 1 is 1.12 bits per heavy atom. The van der Waals surface area contributed by atoms with Crippen LogP contribution in [0.1, 0.15) is 58.3 Å². The lowest BCUT2D eigenvalue weighted by Crippen LogP contribution is -1.91. The van der Waals surface area contributed by atoms with Gasteiger partial charge in [-0.1, -0.05) is 18.6 Å². The smallest absolute Gasteiger partial charge is 0.0652 e. The maximum atomic E-state index is 8.63. The second kappa shape index (κ2) is 10.2. The number of nitrogens with zero attached hydrogens (tertiary/aromatic N) is 2. The number of allylic oxidation sites excluding steroid dienone is 1. The first kappa shape index (κ1) is 14.7. The quantitative estimate of drug-likeness (QED) is 0.426. The Morgan fingerprint density at radius 3 is 2.44 bits per heavy atom. The molecule has 0 saturated heterocycles. The van der Waals surface area contributed by atoms with Gasteiger partial charge in [-0.15, -0.1) is 0 Å². The second-order valence-electron chi connectivity index (χ2n) is 4.39. The van der Waals surface area contributed by atoms with E-state index >= 15 is 0 Å². The largest absolute Gasteiger partial charge is 0.198 e. The summed E-state index contributed by atoms with van der Waals surface area (Å²) in [5, 5.41) is 17.0. The van der Waals surface area contributed by atoms with E-state index in [-0.39, 0.29) is 5.92 Å². The van der Waals surface area contributed by atoms with Gasteiger partial charge < -0.3 is 0 Å². The van der Waals surface area contributed by atoms with Gasteiger partial charge in [-0.2, -0.15) is 10.5 Å². The van der Waals surface area contributed by atoms with Crippen LogP contribution in [0.2, 0.25) is 0 Å².